The molecule has 0 aliphatic rings. The lowest BCUT2D eigenvalue weighted by molar-refractivity contribution is 0.308. The van der Waals surface area contributed by atoms with Crippen molar-refractivity contribution in [1.82, 2.24) is 24.9 Å². The molecule has 0 fully saturated rings. The van der Waals surface area contributed by atoms with Crippen LogP contribution in [0.4, 0.5) is 17.6 Å². The standard InChI is InChI=1S/C9H12N8OS/c1-2-18-7-15-6(12)16-9(17-7)19-8-13-4(10)3-5(11)14-8/h3H,2H2,1H3,(H4,10,11,13,14)(H2,12,15,16,17). The fourth-order valence-corrected chi connectivity index (χ4v) is 1.91. The van der Waals surface area contributed by atoms with Crippen LogP contribution in [0.2, 0.25) is 0 Å². The first-order chi connectivity index (χ1) is 9.06. The third-order valence-corrected chi connectivity index (χ3v) is 2.54. The van der Waals surface area contributed by atoms with Crippen LogP contribution >= 0.6 is 11.8 Å². The number of nitrogen functional groups attached to an aromatic ring is 3. The molecule has 0 saturated heterocycles. The van der Waals surface area contributed by atoms with Gasteiger partial charge in [-0.15, -0.1) is 0 Å². The molecule has 0 atom stereocenters. The maximum absolute atomic E-state index is 5.57. The third kappa shape index (κ3) is 3.55. The number of ether oxygens (including phenoxy) is 1. The Morgan fingerprint density at radius 1 is 1.00 bits per heavy atom. The van der Waals surface area contributed by atoms with E-state index in [4.69, 9.17) is 21.9 Å². The van der Waals surface area contributed by atoms with Gasteiger partial charge in [-0.1, -0.05) is 0 Å². The molecule has 2 heterocycles. The van der Waals surface area contributed by atoms with Crippen molar-refractivity contribution >= 4 is 29.3 Å². The molecule has 0 radical (unpaired) electrons. The smallest absolute Gasteiger partial charge is 0.322 e. The van der Waals surface area contributed by atoms with Crippen LogP contribution in [0.1, 0.15) is 6.92 Å². The Morgan fingerprint density at radius 2 is 1.63 bits per heavy atom. The lowest BCUT2D eigenvalue weighted by Crippen LogP contribution is -2.05. The summed E-state index contributed by atoms with van der Waals surface area (Å²) in [7, 11) is 0. The maximum Gasteiger partial charge on any atom is 0.322 e. The molecule has 0 amide bonds. The van der Waals surface area contributed by atoms with Crippen LogP contribution < -0.4 is 21.9 Å². The molecule has 0 bridgehead atoms. The van der Waals surface area contributed by atoms with Crippen LogP contribution in [0, 0.1) is 0 Å². The van der Waals surface area contributed by atoms with E-state index < -0.39 is 0 Å². The Labute approximate surface area is 113 Å². The highest BCUT2D eigenvalue weighted by molar-refractivity contribution is 7.99. The van der Waals surface area contributed by atoms with Crippen LogP contribution in [0.15, 0.2) is 16.4 Å². The summed E-state index contributed by atoms with van der Waals surface area (Å²) in [4.78, 5) is 19.8. The van der Waals surface area contributed by atoms with Gasteiger partial charge in [-0.05, 0) is 18.7 Å². The van der Waals surface area contributed by atoms with Gasteiger partial charge in [0.05, 0.1) is 6.61 Å². The van der Waals surface area contributed by atoms with Gasteiger partial charge < -0.3 is 21.9 Å². The summed E-state index contributed by atoms with van der Waals surface area (Å²) in [6.07, 6.45) is 0. The van der Waals surface area contributed by atoms with Crippen molar-refractivity contribution in [2.24, 2.45) is 0 Å². The van der Waals surface area contributed by atoms with Gasteiger partial charge in [-0.25, -0.2) is 9.97 Å². The number of hydrogen-bond donors (Lipinski definition) is 3. The van der Waals surface area contributed by atoms with E-state index in [1.165, 1.54) is 6.07 Å². The van der Waals surface area contributed by atoms with Gasteiger partial charge in [-0.2, -0.15) is 15.0 Å². The number of aromatic nitrogens is 5. The molecule has 100 valence electrons. The fourth-order valence-electron chi connectivity index (χ4n) is 1.18. The van der Waals surface area contributed by atoms with E-state index in [-0.39, 0.29) is 23.6 Å². The zero-order chi connectivity index (χ0) is 13.8. The average molecular weight is 280 g/mol. The summed E-state index contributed by atoms with van der Waals surface area (Å²) in [5, 5.41) is 0.631. The Bertz CT molecular complexity index is 572. The van der Waals surface area contributed by atoms with Gasteiger partial charge in [-0.3, -0.25) is 0 Å². The van der Waals surface area contributed by atoms with Gasteiger partial charge in [0.1, 0.15) is 11.6 Å². The first kappa shape index (κ1) is 13.1. The molecule has 19 heavy (non-hydrogen) atoms. The SMILES string of the molecule is CCOc1nc(N)nc(Sc2nc(N)cc(N)n2)n1. The molecule has 0 aliphatic carbocycles. The predicted octanol–water partition coefficient (Wildman–Crippen LogP) is -0.0419. The van der Waals surface area contributed by atoms with Gasteiger partial charge in [0.2, 0.25) is 11.1 Å². The van der Waals surface area contributed by atoms with E-state index in [1.54, 1.807) is 0 Å². The summed E-state index contributed by atoms with van der Waals surface area (Å²) >= 11 is 1.07. The molecule has 9 nitrogen and oxygen atoms in total. The van der Waals surface area contributed by atoms with Crippen LogP contribution in [0.25, 0.3) is 0 Å². The van der Waals surface area contributed by atoms with Gasteiger partial charge in [0, 0.05) is 6.07 Å². The Balaban J connectivity index is 2.27. The predicted molar refractivity (Wildman–Crippen MR) is 70.4 cm³/mol. The van der Waals surface area contributed by atoms with Gasteiger partial charge >= 0.3 is 6.01 Å². The van der Waals surface area contributed by atoms with Crippen LogP contribution in [-0.2, 0) is 0 Å². The minimum atomic E-state index is 0.0535. The zero-order valence-corrected chi connectivity index (χ0v) is 10.9. The lowest BCUT2D eigenvalue weighted by Gasteiger charge is -2.04. The van der Waals surface area contributed by atoms with Crippen LogP contribution in [0.5, 0.6) is 6.01 Å². The number of nitrogens with two attached hydrogens (primary N) is 3. The van der Waals surface area contributed by atoms with Crippen molar-refractivity contribution in [2.45, 2.75) is 17.2 Å². The fraction of sp³-hybridized carbons (Fsp3) is 0.222. The monoisotopic (exact) mass is 280 g/mol. The van der Waals surface area contributed by atoms with Crippen molar-refractivity contribution in [1.29, 1.82) is 0 Å². The van der Waals surface area contributed by atoms with Gasteiger partial charge in [0.25, 0.3) is 0 Å². The second-order valence-electron chi connectivity index (χ2n) is 3.29. The molecule has 2 aromatic rings. The van der Waals surface area contributed by atoms with Crippen molar-refractivity contribution in [2.75, 3.05) is 23.8 Å². The minimum absolute atomic E-state index is 0.0535. The second kappa shape index (κ2) is 5.52. The lowest BCUT2D eigenvalue weighted by atomic mass is 10.5. The van der Waals surface area contributed by atoms with Crippen molar-refractivity contribution in [3.63, 3.8) is 0 Å². The molecule has 2 aromatic heterocycles. The van der Waals surface area contributed by atoms with E-state index in [1.807, 2.05) is 6.92 Å². The second-order valence-corrected chi connectivity index (χ2v) is 4.23. The molecule has 0 aliphatic heterocycles. The summed E-state index contributed by atoms with van der Waals surface area (Å²) < 4.78 is 5.17. The van der Waals surface area contributed by atoms with E-state index in [0.717, 1.165) is 11.8 Å². The number of hydrogen-bond acceptors (Lipinski definition) is 10. The topological polar surface area (TPSA) is 152 Å². The van der Waals surface area contributed by atoms with E-state index >= 15 is 0 Å². The van der Waals surface area contributed by atoms with Crippen LogP contribution in [-0.4, -0.2) is 31.5 Å². The first-order valence-corrected chi connectivity index (χ1v) is 6.10. The third-order valence-electron chi connectivity index (χ3n) is 1.81. The minimum Gasteiger partial charge on any atom is -0.464 e. The van der Waals surface area contributed by atoms with Crippen LogP contribution in [0.3, 0.4) is 0 Å². The molecular formula is C9H12N8OS. The van der Waals surface area contributed by atoms with Crippen molar-refractivity contribution in [3.8, 4) is 6.01 Å². The Morgan fingerprint density at radius 3 is 2.26 bits per heavy atom. The van der Waals surface area contributed by atoms with Crippen molar-refractivity contribution in [3.05, 3.63) is 6.07 Å². The average Bonchev–Trinajstić information content (AvgIpc) is 2.26. The number of nitrogens with zero attached hydrogens (tertiary/aromatic N) is 5. The molecule has 0 aromatic carbocycles. The molecule has 0 spiro atoms. The summed E-state index contributed by atoms with van der Waals surface area (Å²) in [5.41, 5.74) is 16.7. The maximum atomic E-state index is 5.57. The van der Waals surface area contributed by atoms with Gasteiger partial charge in [0.15, 0.2) is 5.16 Å². The highest BCUT2D eigenvalue weighted by atomic mass is 32.2. The summed E-state index contributed by atoms with van der Waals surface area (Å²) in [6, 6.07) is 1.60. The van der Waals surface area contributed by atoms with E-state index in [0.29, 0.717) is 16.9 Å². The molecule has 0 saturated carbocycles. The highest BCUT2D eigenvalue weighted by Crippen LogP contribution is 2.24. The van der Waals surface area contributed by atoms with E-state index in [2.05, 4.69) is 24.9 Å². The Kier molecular flexibility index (Phi) is 3.80. The largest absolute Gasteiger partial charge is 0.464 e. The zero-order valence-electron chi connectivity index (χ0n) is 10.1. The highest BCUT2D eigenvalue weighted by Gasteiger charge is 2.10. The Hall–Kier alpha value is -2.36. The number of rotatable bonds is 4. The quantitative estimate of drug-likeness (QED) is 0.650. The normalized spacial score (nSPS) is 10.4. The summed E-state index contributed by atoms with van der Waals surface area (Å²) in [6.45, 7) is 2.24. The van der Waals surface area contributed by atoms with E-state index in [9.17, 15) is 0 Å². The summed E-state index contributed by atoms with van der Waals surface area (Å²) in [5.74, 6) is 0.585. The number of anilines is 3. The first-order valence-electron chi connectivity index (χ1n) is 5.29. The molecule has 2 rings (SSSR count). The molecular weight excluding hydrogens is 268 g/mol. The van der Waals surface area contributed by atoms with Crippen molar-refractivity contribution < 1.29 is 4.74 Å². The molecule has 10 heteroatoms. The molecule has 6 N–H and O–H groups in total. The molecule has 0 unspecified atom stereocenters.